The van der Waals surface area contributed by atoms with Crippen LogP contribution in [0.25, 0.3) is 0 Å². The molecule has 0 saturated carbocycles. The van der Waals surface area contributed by atoms with Crippen LogP contribution in [0.4, 0.5) is 8.78 Å². The Labute approximate surface area is 236 Å². The van der Waals surface area contributed by atoms with Crippen molar-refractivity contribution >= 4 is 5.91 Å². The van der Waals surface area contributed by atoms with E-state index >= 15 is 0 Å². The molecule has 0 unspecified atom stereocenters. The molecule has 6 nitrogen and oxygen atoms in total. The monoisotopic (exact) mass is 556 g/mol. The van der Waals surface area contributed by atoms with Crippen molar-refractivity contribution in [2.75, 3.05) is 19.8 Å². The fraction of sp³-hybridized carbons (Fsp3) is 0.469. The molecule has 3 N–H and O–H groups in total. The number of nitrogens with one attached hydrogen (secondary N) is 2. The fourth-order valence-electron chi connectivity index (χ4n) is 4.99. The van der Waals surface area contributed by atoms with Crippen LogP contribution in [0.2, 0.25) is 0 Å². The van der Waals surface area contributed by atoms with Gasteiger partial charge in [-0.25, -0.2) is 8.78 Å². The molecule has 2 aromatic carbocycles. The van der Waals surface area contributed by atoms with E-state index in [0.29, 0.717) is 38.0 Å². The molecule has 2 aromatic rings. The van der Waals surface area contributed by atoms with Gasteiger partial charge in [-0.2, -0.15) is 0 Å². The average molecular weight is 557 g/mol. The standard InChI is InChI=1S/C32H42F2N2O4/c1-4-7-8-9-10-32(38)36-29(17-22-15-23(33)18-24(34)16-22)30(37)21-35-28-20-31(40-14-6-3)26-12-11-25(19-27(26)28)39-13-5-2/h4,6,11-12,15-16,18-19,28-31,35,37H,1,3,5,7-10,13-14,17,20-21H2,2H3,(H,36,38)/t28-,29-,30-,31+/m0/s1. The van der Waals surface area contributed by atoms with Gasteiger partial charge in [-0.3, -0.25) is 4.79 Å². The topological polar surface area (TPSA) is 79.8 Å². The summed E-state index contributed by atoms with van der Waals surface area (Å²) in [7, 11) is 0. The van der Waals surface area contributed by atoms with Crippen LogP contribution in [0.15, 0.2) is 61.7 Å². The number of hydrogen-bond acceptors (Lipinski definition) is 5. The van der Waals surface area contributed by atoms with Crippen molar-refractivity contribution in [1.29, 1.82) is 0 Å². The average Bonchev–Trinajstić information content (AvgIpc) is 3.27. The number of carbonyl (C=O) groups excluding carboxylic acids is 1. The van der Waals surface area contributed by atoms with Crippen LogP contribution in [0.5, 0.6) is 5.75 Å². The number of allylic oxidation sites excluding steroid dienone is 1. The van der Waals surface area contributed by atoms with Crippen LogP contribution < -0.4 is 15.4 Å². The summed E-state index contributed by atoms with van der Waals surface area (Å²) in [4.78, 5) is 12.7. The third-order valence-electron chi connectivity index (χ3n) is 6.94. The maximum atomic E-state index is 13.9. The number of halogens is 2. The number of ether oxygens (including phenoxy) is 2. The van der Waals surface area contributed by atoms with E-state index < -0.39 is 23.8 Å². The summed E-state index contributed by atoms with van der Waals surface area (Å²) in [6.45, 7) is 10.7. The molecule has 218 valence electrons. The first-order valence-corrected chi connectivity index (χ1v) is 14.1. The van der Waals surface area contributed by atoms with E-state index in [1.807, 2.05) is 31.2 Å². The van der Waals surface area contributed by atoms with Crippen molar-refractivity contribution in [1.82, 2.24) is 10.6 Å². The van der Waals surface area contributed by atoms with Gasteiger partial charge in [-0.15, -0.1) is 13.2 Å². The molecule has 0 aromatic heterocycles. The first kappa shape index (κ1) is 31.5. The molecule has 0 bridgehead atoms. The van der Waals surface area contributed by atoms with Crippen LogP contribution in [0.1, 0.15) is 74.3 Å². The molecule has 1 aliphatic rings. The molecule has 4 atom stereocenters. The largest absolute Gasteiger partial charge is 0.494 e. The smallest absolute Gasteiger partial charge is 0.220 e. The minimum atomic E-state index is -1.01. The lowest BCUT2D eigenvalue weighted by Gasteiger charge is -2.26. The van der Waals surface area contributed by atoms with Crippen molar-refractivity contribution in [3.05, 3.63) is 90.0 Å². The Hall–Kier alpha value is -3.07. The van der Waals surface area contributed by atoms with Gasteiger partial charge in [0.2, 0.25) is 5.91 Å². The summed E-state index contributed by atoms with van der Waals surface area (Å²) in [5.41, 5.74) is 2.44. The zero-order chi connectivity index (χ0) is 28.9. The lowest BCUT2D eigenvalue weighted by molar-refractivity contribution is -0.122. The number of benzene rings is 2. The number of carbonyl (C=O) groups is 1. The Morgan fingerprint density at radius 3 is 2.60 bits per heavy atom. The highest BCUT2D eigenvalue weighted by Crippen LogP contribution is 2.42. The highest BCUT2D eigenvalue weighted by molar-refractivity contribution is 5.76. The molecule has 0 spiro atoms. The first-order chi connectivity index (χ1) is 19.3. The minimum absolute atomic E-state index is 0.0806. The van der Waals surface area contributed by atoms with Crippen LogP contribution >= 0.6 is 0 Å². The van der Waals surface area contributed by atoms with Crippen molar-refractivity contribution in [2.45, 2.75) is 76.2 Å². The summed E-state index contributed by atoms with van der Waals surface area (Å²) in [5, 5.41) is 17.5. The second kappa shape index (κ2) is 16.3. The molecule has 8 heteroatoms. The maximum Gasteiger partial charge on any atom is 0.220 e. The minimum Gasteiger partial charge on any atom is -0.494 e. The maximum absolute atomic E-state index is 13.9. The Morgan fingerprint density at radius 2 is 1.90 bits per heavy atom. The van der Waals surface area contributed by atoms with Gasteiger partial charge in [-0.05, 0) is 79.5 Å². The van der Waals surface area contributed by atoms with E-state index in [1.165, 1.54) is 12.1 Å². The highest BCUT2D eigenvalue weighted by Gasteiger charge is 2.33. The molecule has 40 heavy (non-hydrogen) atoms. The Balaban J connectivity index is 1.72. The summed E-state index contributed by atoms with van der Waals surface area (Å²) < 4.78 is 39.6. The molecule has 0 saturated heterocycles. The van der Waals surface area contributed by atoms with Gasteiger partial charge in [0.15, 0.2) is 0 Å². The third kappa shape index (κ3) is 9.54. The molecule has 1 aliphatic carbocycles. The second-order valence-corrected chi connectivity index (χ2v) is 10.2. The third-order valence-corrected chi connectivity index (χ3v) is 6.94. The number of hydrogen-bond donors (Lipinski definition) is 3. The highest BCUT2D eigenvalue weighted by atomic mass is 19.1. The molecule has 0 aliphatic heterocycles. The Bertz CT molecular complexity index is 1110. The number of fused-ring (bicyclic) bond motifs is 1. The van der Waals surface area contributed by atoms with Crippen molar-refractivity contribution in [3.63, 3.8) is 0 Å². The summed E-state index contributed by atoms with van der Waals surface area (Å²) >= 11 is 0. The molecular formula is C32H42F2N2O4. The van der Waals surface area contributed by atoms with Crippen molar-refractivity contribution in [2.24, 2.45) is 0 Å². The number of amides is 1. The lowest BCUT2D eigenvalue weighted by Crippen LogP contribution is -2.49. The van der Waals surface area contributed by atoms with Crippen molar-refractivity contribution in [3.8, 4) is 5.75 Å². The normalized spacial score (nSPS) is 17.6. The van der Waals surface area contributed by atoms with Gasteiger partial charge in [0.1, 0.15) is 17.4 Å². The van der Waals surface area contributed by atoms with E-state index in [0.717, 1.165) is 42.2 Å². The predicted molar refractivity (Wildman–Crippen MR) is 153 cm³/mol. The number of aliphatic hydroxyl groups excluding tert-OH is 1. The van der Waals surface area contributed by atoms with Gasteiger partial charge in [-0.1, -0.05) is 25.1 Å². The van der Waals surface area contributed by atoms with Crippen molar-refractivity contribution < 1.29 is 28.2 Å². The van der Waals surface area contributed by atoms with Crippen LogP contribution in [-0.4, -0.2) is 42.9 Å². The molecule has 0 radical (unpaired) electrons. The van der Waals surface area contributed by atoms with Crippen LogP contribution in [-0.2, 0) is 16.0 Å². The fourth-order valence-corrected chi connectivity index (χ4v) is 4.99. The van der Waals surface area contributed by atoms with Crippen LogP contribution in [0, 0.1) is 11.6 Å². The molecule has 0 fully saturated rings. The van der Waals surface area contributed by atoms with E-state index in [1.54, 1.807) is 6.08 Å². The van der Waals surface area contributed by atoms with Gasteiger partial charge >= 0.3 is 0 Å². The molecule has 3 rings (SSSR count). The van der Waals surface area contributed by atoms with Gasteiger partial charge < -0.3 is 25.2 Å². The first-order valence-electron chi connectivity index (χ1n) is 14.1. The van der Waals surface area contributed by atoms with Crippen LogP contribution in [0.3, 0.4) is 0 Å². The van der Waals surface area contributed by atoms with E-state index in [2.05, 4.69) is 23.8 Å². The summed E-state index contributed by atoms with van der Waals surface area (Å²) in [6.07, 6.45) is 6.63. The quantitative estimate of drug-likeness (QED) is 0.158. The molecule has 1 amide bonds. The zero-order valence-electron chi connectivity index (χ0n) is 23.3. The number of aliphatic hydroxyl groups is 1. The van der Waals surface area contributed by atoms with E-state index in [-0.39, 0.29) is 31.0 Å². The Kier molecular flexibility index (Phi) is 12.8. The van der Waals surface area contributed by atoms with E-state index in [4.69, 9.17) is 9.47 Å². The second-order valence-electron chi connectivity index (χ2n) is 10.2. The number of rotatable bonds is 18. The zero-order valence-corrected chi connectivity index (χ0v) is 23.3. The Morgan fingerprint density at radius 1 is 1.12 bits per heavy atom. The van der Waals surface area contributed by atoms with Gasteiger partial charge in [0.05, 0.1) is 31.5 Å². The molecular weight excluding hydrogens is 514 g/mol. The van der Waals surface area contributed by atoms with E-state index in [9.17, 15) is 18.7 Å². The molecule has 0 heterocycles. The van der Waals surface area contributed by atoms with Gasteiger partial charge in [0, 0.05) is 25.1 Å². The predicted octanol–water partition coefficient (Wildman–Crippen LogP) is 5.87. The number of unbranched alkanes of at least 4 members (excludes halogenated alkanes) is 2. The van der Waals surface area contributed by atoms with Gasteiger partial charge in [0.25, 0.3) is 0 Å². The summed E-state index contributed by atoms with van der Waals surface area (Å²) in [6, 6.07) is 8.34. The lowest BCUT2D eigenvalue weighted by atomic mass is 9.99. The summed E-state index contributed by atoms with van der Waals surface area (Å²) in [5.74, 6) is -0.850. The SMILES string of the molecule is C=CCCCCC(=O)N[C@@H](Cc1cc(F)cc(F)c1)[C@@H](O)CN[C@H]1C[C@@H](OCC=C)c2ccc(OCCC)cc21.